The molecule has 0 aliphatic carbocycles. The van der Waals surface area contributed by atoms with E-state index in [2.05, 4.69) is 0 Å². The molecule has 1 amide bonds. The molecule has 8 nitrogen and oxygen atoms in total. The minimum absolute atomic E-state index is 0.0883. The first kappa shape index (κ1) is 17.5. The normalized spacial score (nSPS) is 24.0. The lowest BCUT2D eigenvalue weighted by Gasteiger charge is -2.29. The predicted octanol–water partition coefficient (Wildman–Crippen LogP) is 2.27. The molecule has 3 rings (SSSR count). The lowest BCUT2D eigenvalue weighted by Crippen LogP contribution is -2.50. The van der Waals surface area contributed by atoms with Gasteiger partial charge in [-0.25, -0.2) is 4.79 Å². The molecule has 1 aromatic rings. The van der Waals surface area contributed by atoms with E-state index in [1.807, 2.05) is 13.8 Å². The molecule has 2 aliphatic rings. The van der Waals surface area contributed by atoms with Gasteiger partial charge >= 0.3 is 5.97 Å². The zero-order valence-corrected chi connectivity index (χ0v) is 14.9. The first-order chi connectivity index (χ1) is 11.8. The Morgan fingerprint density at radius 1 is 1.52 bits per heavy atom. The average Bonchev–Trinajstić information content (AvgIpc) is 2.76. The van der Waals surface area contributed by atoms with Crippen molar-refractivity contribution in [1.29, 1.82) is 0 Å². The Morgan fingerprint density at radius 3 is 2.88 bits per heavy atom. The van der Waals surface area contributed by atoms with Gasteiger partial charge in [0, 0.05) is 22.4 Å². The highest BCUT2D eigenvalue weighted by Crippen LogP contribution is 2.55. The monoisotopic (exact) mass is 366 g/mol. The van der Waals surface area contributed by atoms with Crippen LogP contribution < -0.4 is 4.74 Å². The van der Waals surface area contributed by atoms with Gasteiger partial charge in [0.15, 0.2) is 6.61 Å². The van der Waals surface area contributed by atoms with Crippen LogP contribution in [0.2, 0.25) is 0 Å². The van der Waals surface area contributed by atoms with Gasteiger partial charge in [0.05, 0.1) is 11.5 Å². The summed E-state index contributed by atoms with van der Waals surface area (Å²) in [6, 6.07) is 3.45. The molecule has 1 aromatic carbocycles. The van der Waals surface area contributed by atoms with E-state index in [9.17, 15) is 19.7 Å². The highest BCUT2D eigenvalue weighted by Gasteiger charge is 2.55. The number of nitro benzene ring substituents is 1. The summed E-state index contributed by atoms with van der Waals surface area (Å²) >= 11 is 1.40. The summed E-state index contributed by atoms with van der Waals surface area (Å²) in [6.45, 7) is 5.41. The van der Waals surface area contributed by atoms with Crippen LogP contribution in [0.5, 0.6) is 5.75 Å². The van der Waals surface area contributed by atoms with E-state index < -0.39 is 27.1 Å². The fourth-order valence-electron chi connectivity index (χ4n) is 3.17. The number of carbonyl (C=O) groups excluding carboxylic acids is 2. The minimum atomic E-state index is -0.788. The third kappa shape index (κ3) is 2.92. The van der Waals surface area contributed by atoms with Gasteiger partial charge in [-0.15, -0.1) is 11.8 Å². The van der Waals surface area contributed by atoms with Crippen molar-refractivity contribution >= 4 is 29.3 Å². The molecule has 0 unspecified atom stereocenters. The Kier molecular flexibility index (Phi) is 4.36. The first-order valence-electron chi connectivity index (χ1n) is 7.83. The summed E-state index contributed by atoms with van der Waals surface area (Å²) in [5.41, 5.74) is 0.430. The van der Waals surface area contributed by atoms with E-state index in [-0.39, 0.29) is 24.8 Å². The Hall–Kier alpha value is -2.29. The van der Waals surface area contributed by atoms with E-state index in [1.54, 1.807) is 6.92 Å². The standard InChI is InChI=1S/C16H18N2O6S/c1-4-23-15(20)13-16(2,3)25-14-10-7-9(18(21)22)5-6-11(10)24-8-12(19)17(13)14/h5-7,13-14H,4,8H2,1-3H3/t13-,14-/m0/s1. The van der Waals surface area contributed by atoms with Crippen LogP contribution in [0.25, 0.3) is 0 Å². The number of nitro groups is 1. The van der Waals surface area contributed by atoms with Gasteiger partial charge in [0.25, 0.3) is 11.6 Å². The second-order valence-corrected chi connectivity index (χ2v) is 8.03. The molecule has 9 heteroatoms. The SMILES string of the molecule is CCOC(=O)[C@@H]1N2C(=O)COc3ccc([N+](=O)[O-])cc3[C@@H]2SC1(C)C. The quantitative estimate of drug-likeness (QED) is 0.460. The lowest BCUT2D eigenvalue weighted by atomic mass is 10.0. The van der Waals surface area contributed by atoms with Crippen LogP contribution in [0.4, 0.5) is 5.69 Å². The van der Waals surface area contributed by atoms with E-state index in [1.165, 1.54) is 34.9 Å². The molecule has 2 heterocycles. The summed E-state index contributed by atoms with van der Waals surface area (Å²) < 4.78 is 10.1. The number of benzene rings is 1. The third-order valence-electron chi connectivity index (χ3n) is 4.22. The lowest BCUT2D eigenvalue weighted by molar-refractivity contribution is -0.384. The van der Waals surface area contributed by atoms with Gasteiger partial charge < -0.3 is 14.4 Å². The maximum atomic E-state index is 12.6. The molecule has 2 aliphatic heterocycles. The van der Waals surface area contributed by atoms with Gasteiger partial charge in [-0.2, -0.15) is 0 Å². The van der Waals surface area contributed by atoms with Gasteiger partial charge in [0.1, 0.15) is 17.2 Å². The molecule has 25 heavy (non-hydrogen) atoms. The fraction of sp³-hybridized carbons (Fsp3) is 0.500. The molecule has 0 saturated carbocycles. The highest BCUT2D eigenvalue weighted by molar-refractivity contribution is 8.01. The molecule has 2 atom stereocenters. The van der Waals surface area contributed by atoms with E-state index in [4.69, 9.17) is 9.47 Å². The first-order valence-corrected chi connectivity index (χ1v) is 8.71. The van der Waals surface area contributed by atoms with Crippen LogP contribution in [0.3, 0.4) is 0 Å². The summed E-state index contributed by atoms with van der Waals surface area (Å²) in [7, 11) is 0. The van der Waals surface area contributed by atoms with E-state index in [0.29, 0.717) is 11.3 Å². The van der Waals surface area contributed by atoms with Gasteiger partial charge in [-0.1, -0.05) is 0 Å². The average molecular weight is 366 g/mol. The van der Waals surface area contributed by atoms with Crippen LogP contribution in [0, 0.1) is 10.1 Å². The summed E-state index contributed by atoms with van der Waals surface area (Å²) in [4.78, 5) is 37.2. The summed E-state index contributed by atoms with van der Waals surface area (Å²) in [5.74, 6) is -0.413. The number of rotatable bonds is 3. The van der Waals surface area contributed by atoms with Crippen molar-refractivity contribution in [3.05, 3.63) is 33.9 Å². The zero-order valence-electron chi connectivity index (χ0n) is 14.1. The van der Waals surface area contributed by atoms with Crippen molar-refractivity contribution in [3.8, 4) is 5.75 Å². The van der Waals surface area contributed by atoms with Crippen molar-refractivity contribution in [3.63, 3.8) is 0 Å². The third-order valence-corrected chi connectivity index (χ3v) is 5.76. The zero-order chi connectivity index (χ0) is 18.4. The van der Waals surface area contributed by atoms with E-state index >= 15 is 0 Å². The van der Waals surface area contributed by atoms with Gasteiger partial charge in [-0.05, 0) is 26.8 Å². The Bertz CT molecular complexity index is 750. The van der Waals surface area contributed by atoms with Crippen molar-refractivity contribution < 1.29 is 24.0 Å². The maximum Gasteiger partial charge on any atom is 0.330 e. The van der Waals surface area contributed by atoms with Crippen molar-refractivity contribution in [2.45, 2.75) is 36.9 Å². The number of hydrogen-bond acceptors (Lipinski definition) is 7. The number of esters is 1. The number of hydrogen-bond donors (Lipinski definition) is 0. The minimum Gasteiger partial charge on any atom is -0.483 e. The topological polar surface area (TPSA) is 99.0 Å². The molecular formula is C16H18N2O6S. The highest BCUT2D eigenvalue weighted by atomic mass is 32.2. The van der Waals surface area contributed by atoms with Crippen molar-refractivity contribution in [1.82, 2.24) is 4.90 Å². The molecule has 0 radical (unpaired) electrons. The Labute approximate surface area is 148 Å². The van der Waals surface area contributed by atoms with Crippen LogP contribution in [-0.4, -0.2) is 45.7 Å². The summed E-state index contributed by atoms with van der Waals surface area (Å²) in [6.07, 6.45) is 0. The molecular weight excluding hydrogens is 348 g/mol. The Morgan fingerprint density at radius 2 is 2.24 bits per heavy atom. The molecule has 1 saturated heterocycles. The van der Waals surface area contributed by atoms with Crippen molar-refractivity contribution in [2.24, 2.45) is 0 Å². The molecule has 134 valence electrons. The smallest absolute Gasteiger partial charge is 0.330 e. The predicted molar refractivity (Wildman–Crippen MR) is 90.3 cm³/mol. The number of nitrogens with zero attached hydrogens (tertiary/aromatic N) is 2. The number of non-ortho nitro benzene ring substituents is 1. The second-order valence-electron chi connectivity index (χ2n) is 6.30. The molecule has 0 aromatic heterocycles. The number of carbonyl (C=O) groups is 2. The molecule has 0 spiro atoms. The van der Waals surface area contributed by atoms with E-state index in [0.717, 1.165) is 0 Å². The van der Waals surface area contributed by atoms with Gasteiger partial charge in [0.2, 0.25) is 0 Å². The number of thioether (sulfide) groups is 1. The van der Waals surface area contributed by atoms with Gasteiger partial charge in [-0.3, -0.25) is 14.9 Å². The van der Waals surface area contributed by atoms with Crippen LogP contribution in [-0.2, 0) is 14.3 Å². The Balaban J connectivity index is 2.10. The largest absolute Gasteiger partial charge is 0.483 e. The van der Waals surface area contributed by atoms with Crippen LogP contribution in [0.15, 0.2) is 18.2 Å². The maximum absolute atomic E-state index is 12.6. The van der Waals surface area contributed by atoms with Crippen LogP contribution >= 0.6 is 11.8 Å². The number of ether oxygens (including phenoxy) is 2. The molecule has 0 bridgehead atoms. The second kappa shape index (κ2) is 6.21. The summed E-state index contributed by atoms with van der Waals surface area (Å²) in [5, 5.41) is 10.6. The number of amides is 1. The molecule has 0 N–H and O–H groups in total. The number of fused-ring (bicyclic) bond motifs is 3. The van der Waals surface area contributed by atoms with Crippen molar-refractivity contribution in [2.75, 3.05) is 13.2 Å². The molecule has 1 fully saturated rings. The van der Waals surface area contributed by atoms with Crippen LogP contribution in [0.1, 0.15) is 31.7 Å². The fourth-order valence-corrected chi connectivity index (χ4v) is 4.75.